The number of amides is 2. The van der Waals surface area contributed by atoms with Gasteiger partial charge in [0.2, 0.25) is 11.8 Å². The van der Waals surface area contributed by atoms with Crippen LogP contribution in [0.1, 0.15) is 92.4 Å². The van der Waals surface area contributed by atoms with Crippen LogP contribution in [0.4, 0.5) is 0 Å². The van der Waals surface area contributed by atoms with Gasteiger partial charge in [-0.15, -0.1) is 0 Å². The van der Waals surface area contributed by atoms with E-state index >= 15 is 0 Å². The maximum atomic E-state index is 12.5. The highest BCUT2D eigenvalue weighted by molar-refractivity contribution is 5.76. The standard InChI is InChI=1S/C38H49N3O7/c42-25-27-13-15-29(16-14-27)35-22-33(24-41-21-7-9-32(41)26-43)47-38(48-35)30-19-17-28(18-20-30)34-10-6-5-8-31(34)23-39-36(44)11-3-1-2-4-12-37(45)40-46/h5-6,8,10,13-20,32-33,35,38,42-43,46H,1-4,7,9,11-12,21-26H2,(H,39,44)(H,40,45). The Balaban J connectivity index is 1.21. The third-order valence-electron chi connectivity index (χ3n) is 9.43. The fourth-order valence-corrected chi connectivity index (χ4v) is 6.68. The first-order valence-electron chi connectivity index (χ1n) is 17.2. The smallest absolute Gasteiger partial charge is 0.243 e. The molecule has 0 spiro atoms. The number of benzene rings is 3. The van der Waals surface area contributed by atoms with Crippen molar-refractivity contribution in [2.75, 3.05) is 19.7 Å². The molecule has 0 bridgehead atoms. The Morgan fingerprint density at radius 3 is 2.25 bits per heavy atom. The minimum absolute atomic E-state index is 0.00393. The molecule has 0 aliphatic carbocycles. The number of rotatable bonds is 16. The first kappa shape index (κ1) is 35.7. The van der Waals surface area contributed by atoms with Gasteiger partial charge < -0.3 is 25.0 Å². The topological polar surface area (TPSA) is 141 Å². The Bertz CT molecular complexity index is 1450. The lowest BCUT2D eigenvalue weighted by molar-refractivity contribution is -0.253. The first-order valence-corrected chi connectivity index (χ1v) is 17.2. The molecule has 2 heterocycles. The molecule has 2 aliphatic rings. The lowest BCUT2D eigenvalue weighted by atomic mass is 9.97. The van der Waals surface area contributed by atoms with Gasteiger partial charge in [-0.2, -0.15) is 0 Å². The van der Waals surface area contributed by atoms with Crippen LogP contribution in [0.3, 0.4) is 0 Å². The molecule has 10 heteroatoms. The molecular weight excluding hydrogens is 610 g/mol. The van der Waals surface area contributed by atoms with Gasteiger partial charge in [0.1, 0.15) is 0 Å². The van der Waals surface area contributed by atoms with Gasteiger partial charge in [-0.1, -0.05) is 85.6 Å². The van der Waals surface area contributed by atoms with Crippen LogP contribution in [0.25, 0.3) is 11.1 Å². The van der Waals surface area contributed by atoms with Gasteiger partial charge in [-0.3, -0.25) is 19.7 Å². The first-order chi connectivity index (χ1) is 23.5. The Kier molecular flexibility index (Phi) is 13.5. The van der Waals surface area contributed by atoms with Crippen LogP contribution in [0, 0.1) is 0 Å². The molecule has 2 saturated heterocycles. The molecule has 2 fully saturated rings. The van der Waals surface area contributed by atoms with Crippen molar-refractivity contribution >= 4 is 11.8 Å². The molecule has 2 amide bonds. The van der Waals surface area contributed by atoms with E-state index in [0.717, 1.165) is 78.6 Å². The molecule has 10 nitrogen and oxygen atoms in total. The number of nitrogens with zero attached hydrogens (tertiary/aromatic N) is 1. The molecule has 4 unspecified atom stereocenters. The third-order valence-corrected chi connectivity index (χ3v) is 9.43. The number of hydrogen-bond donors (Lipinski definition) is 5. The van der Waals surface area contributed by atoms with E-state index in [0.29, 0.717) is 25.8 Å². The minimum atomic E-state index is -0.558. The zero-order valence-corrected chi connectivity index (χ0v) is 27.6. The van der Waals surface area contributed by atoms with E-state index in [1.165, 1.54) is 0 Å². The van der Waals surface area contributed by atoms with Crippen LogP contribution < -0.4 is 10.8 Å². The highest BCUT2D eigenvalue weighted by Gasteiger charge is 2.35. The van der Waals surface area contributed by atoms with E-state index in [2.05, 4.69) is 28.4 Å². The summed E-state index contributed by atoms with van der Waals surface area (Å²) in [5, 5.41) is 31.0. The molecule has 0 saturated carbocycles. The Hall–Kier alpha value is -3.64. The van der Waals surface area contributed by atoms with Gasteiger partial charge in [0.05, 0.1) is 25.4 Å². The van der Waals surface area contributed by atoms with Crippen molar-refractivity contribution in [3.63, 3.8) is 0 Å². The van der Waals surface area contributed by atoms with E-state index < -0.39 is 6.29 Å². The number of nitrogens with one attached hydrogen (secondary N) is 2. The molecule has 0 radical (unpaired) electrons. The van der Waals surface area contributed by atoms with Gasteiger partial charge in [-0.25, -0.2) is 5.48 Å². The molecule has 4 atom stereocenters. The lowest BCUT2D eigenvalue weighted by Crippen LogP contribution is -2.42. The van der Waals surface area contributed by atoms with Crippen molar-refractivity contribution < 1.29 is 34.5 Å². The molecule has 48 heavy (non-hydrogen) atoms. The number of carbonyl (C=O) groups excluding carboxylic acids is 2. The summed E-state index contributed by atoms with van der Waals surface area (Å²) in [6.45, 7) is 2.26. The van der Waals surface area contributed by atoms with Gasteiger partial charge in [0.15, 0.2) is 6.29 Å². The highest BCUT2D eigenvalue weighted by atomic mass is 16.7. The SMILES string of the molecule is O=C(CCCCCCC(=O)NCc1ccccc1-c1ccc(C2OC(CN3CCCC3CO)CC(c3ccc(CO)cc3)O2)cc1)NO. The quantitative estimate of drug-likeness (QED) is 0.0792. The average molecular weight is 660 g/mol. The third kappa shape index (κ3) is 9.95. The molecule has 5 N–H and O–H groups in total. The van der Waals surface area contributed by atoms with Gasteiger partial charge in [0, 0.05) is 44.0 Å². The second-order valence-corrected chi connectivity index (χ2v) is 12.8. The number of hydrogen-bond acceptors (Lipinski definition) is 8. The van der Waals surface area contributed by atoms with E-state index in [9.17, 15) is 19.8 Å². The monoisotopic (exact) mass is 659 g/mol. The van der Waals surface area contributed by atoms with E-state index in [4.69, 9.17) is 14.7 Å². The Labute approximate surface area is 283 Å². The summed E-state index contributed by atoms with van der Waals surface area (Å²) in [4.78, 5) is 26.0. The average Bonchev–Trinajstić information content (AvgIpc) is 3.59. The van der Waals surface area contributed by atoms with Crippen molar-refractivity contribution in [2.45, 2.75) is 95.5 Å². The summed E-state index contributed by atoms with van der Waals surface area (Å²) in [6.07, 6.45) is 5.79. The van der Waals surface area contributed by atoms with Crippen molar-refractivity contribution in [1.29, 1.82) is 0 Å². The predicted octanol–water partition coefficient (Wildman–Crippen LogP) is 5.31. The van der Waals surface area contributed by atoms with Gasteiger partial charge in [0.25, 0.3) is 0 Å². The van der Waals surface area contributed by atoms with Crippen molar-refractivity contribution in [1.82, 2.24) is 15.7 Å². The van der Waals surface area contributed by atoms with E-state index in [1.807, 2.05) is 54.6 Å². The molecule has 2 aliphatic heterocycles. The molecule has 3 aromatic rings. The zero-order chi connectivity index (χ0) is 33.7. The van der Waals surface area contributed by atoms with Crippen LogP contribution >= 0.6 is 0 Å². The fourth-order valence-electron chi connectivity index (χ4n) is 6.68. The van der Waals surface area contributed by atoms with Crippen molar-refractivity contribution in [2.24, 2.45) is 0 Å². The second-order valence-electron chi connectivity index (χ2n) is 12.8. The van der Waals surface area contributed by atoms with Crippen LogP contribution in [0.5, 0.6) is 0 Å². The summed E-state index contributed by atoms with van der Waals surface area (Å²) in [6, 6.07) is 24.3. The maximum absolute atomic E-state index is 12.5. The lowest BCUT2D eigenvalue weighted by Gasteiger charge is -2.38. The fraction of sp³-hybridized carbons (Fsp3) is 0.474. The minimum Gasteiger partial charge on any atom is -0.395 e. The largest absolute Gasteiger partial charge is 0.395 e. The number of aliphatic hydroxyl groups excluding tert-OH is 2. The second kappa shape index (κ2) is 18.2. The number of hydroxylamine groups is 1. The zero-order valence-electron chi connectivity index (χ0n) is 27.6. The van der Waals surface area contributed by atoms with Gasteiger partial charge in [-0.05, 0) is 60.0 Å². The maximum Gasteiger partial charge on any atom is 0.243 e. The van der Waals surface area contributed by atoms with E-state index in [1.54, 1.807) is 5.48 Å². The molecule has 258 valence electrons. The number of ether oxygens (including phenoxy) is 2. The molecule has 3 aromatic carbocycles. The summed E-state index contributed by atoms with van der Waals surface area (Å²) < 4.78 is 13.1. The van der Waals surface area contributed by atoms with Crippen LogP contribution in [-0.2, 0) is 32.2 Å². The Morgan fingerprint density at radius 2 is 1.54 bits per heavy atom. The predicted molar refractivity (Wildman–Crippen MR) is 181 cm³/mol. The molecule has 0 aromatic heterocycles. The van der Waals surface area contributed by atoms with Gasteiger partial charge >= 0.3 is 0 Å². The number of aliphatic hydroxyl groups is 2. The Morgan fingerprint density at radius 1 is 0.833 bits per heavy atom. The number of likely N-dealkylation sites (tertiary alicyclic amines) is 1. The van der Waals surface area contributed by atoms with Crippen LogP contribution in [0.15, 0.2) is 72.8 Å². The number of unbranched alkanes of at least 4 members (excludes halogenated alkanes) is 3. The molecular formula is C38H49N3O7. The van der Waals surface area contributed by atoms with E-state index in [-0.39, 0.29) is 49.7 Å². The van der Waals surface area contributed by atoms with Crippen molar-refractivity contribution in [3.05, 3.63) is 95.1 Å². The summed E-state index contributed by atoms with van der Waals surface area (Å²) in [5.41, 5.74) is 7.56. The highest BCUT2D eigenvalue weighted by Crippen LogP contribution is 2.39. The normalized spacial score (nSPS) is 21.2. The van der Waals surface area contributed by atoms with Crippen molar-refractivity contribution in [3.8, 4) is 11.1 Å². The van der Waals surface area contributed by atoms with Crippen LogP contribution in [-0.4, -0.2) is 64.0 Å². The number of carbonyl (C=O) groups is 2. The van der Waals surface area contributed by atoms with Crippen LogP contribution in [0.2, 0.25) is 0 Å². The summed E-state index contributed by atoms with van der Waals surface area (Å²) in [7, 11) is 0. The molecule has 5 rings (SSSR count). The summed E-state index contributed by atoms with van der Waals surface area (Å²) in [5.74, 6) is -0.389. The summed E-state index contributed by atoms with van der Waals surface area (Å²) >= 11 is 0.